The van der Waals surface area contributed by atoms with Crippen LogP contribution in [0.1, 0.15) is 64.2 Å². The largest absolute Gasteiger partial charge is 0.494 e. The Labute approximate surface area is 220 Å². The third-order valence-corrected chi connectivity index (χ3v) is 7.94. The van der Waals surface area contributed by atoms with Gasteiger partial charge in [0, 0.05) is 0 Å². The van der Waals surface area contributed by atoms with Crippen LogP contribution in [0.5, 0.6) is 17.2 Å². The molecule has 0 radical (unpaired) electrons. The molecule has 3 nitrogen and oxygen atoms in total. The van der Waals surface area contributed by atoms with Gasteiger partial charge in [-0.2, -0.15) is 12.6 Å². The van der Waals surface area contributed by atoms with Gasteiger partial charge in [0.1, 0.15) is 19.0 Å². The minimum Gasteiger partial charge on any atom is -0.494 e. The molecule has 2 aromatic carbocycles. The summed E-state index contributed by atoms with van der Waals surface area (Å²) in [6.07, 6.45) is 13.1. The minimum absolute atomic E-state index is 0.586. The molecule has 0 N–H and O–H groups in total. The van der Waals surface area contributed by atoms with Gasteiger partial charge in [0.2, 0.25) is 0 Å². The number of hydrogen-bond donors (Lipinski definition) is 1. The highest BCUT2D eigenvalue weighted by Gasteiger charge is 2.26. The Morgan fingerprint density at radius 3 is 1.71 bits per heavy atom. The van der Waals surface area contributed by atoms with Gasteiger partial charge < -0.3 is 14.2 Å². The lowest BCUT2D eigenvalue weighted by Crippen LogP contribution is -2.14. The van der Waals surface area contributed by atoms with Crippen LogP contribution in [0.4, 0.5) is 0 Å². The Hall–Kier alpha value is -2.11. The number of fused-ring (bicyclic) bond motifs is 1. The van der Waals surface area contributed by atoms with Gasteiger partial charge in [0.15, 0.2) is 11.5 Å². The number of ether oxygens (including phenoxy) is 3. The lowest BCUT2D eigenvalue weighted by Gasteiger charge is -2.17. The summed E-state index contributed by atoms with van der Waals surface area (Å²) >= 11 is 6.00. The lowest BCUT2D eigenvalue weighted by molar-refractivity contribution is 0.175. The van der Waals surface area contributed by atoms with Crippen molar-refractivity contribution in [1.82, 2.24) is 0 Å². The zero-order chi connectivity index (χ0) is 24.1. The van der Waals surface area contributed by atoms with Crippen LogP contribution in [0.25, 0.3) is 20.9 Å². The molecule has 0 amide bonds. The van der Waals surface area contributed by atoms with Crippen molar-refractivity contribution in [3.05, 3.63) is 54.6 Å². The predicted octanol–water partition coefficient (Wildman–Crippen LogP) is 9.06. The monoisotopic (exact) mass is 510 g/mol. The molecule has 0 saturated heterocycles. The molecule has 188 valence electrons. The molecule has 5 heteroatoms. The Kier molecular flexibility index (Phi) is 10.7. The summed E-state index contributed by atoms with van der Waals surface area (Å²) in [5.41, 5.74) is 2.30. The molecule has 0 atom stereocenters. The van der Waals surface area contributed by atoms with Gasteiger partial charge in [-0.15, -0.1) is 11.3 Å². The summed E-state index contributed by atoms with van der Waals surface area (Å²) in [5.74, 6) is 3.70. The summed E-state index contributed by atoms with van der Waals surface area (Å²) in [6.45, 7) is 1.96. The number of unbranched alkanes of at least 4 members (excludes halogenated alkanes) is 9. The summed E-state index contributed by atoms with van der Waals surface area (Å²) in [4.78, 5) is 2.25. The molecule has 1 aliphatic heterocycles. The molecule has 1 aliphatic rings. The second-order valence-corrected chi connectivity index (χ2v) is 10.6. The van der Waals surface area contributed by atoms with Crippen molar-refractivity contribution in [3.8, 4) is 38.1 Å². The van der Waals surface area contributed by atoms with E-state index in [4.69, 9.17) is 14.2 Å². The van der Waals surface area contributed by atoms with Crippen LogP contribution in [0.2, 0.25) is 0 Å². The summed E-state index contributed by atoms with van der Waals surface area (Å²) in [6, 6.07) is 18.8. The van der Waals surface area contributed by atoms with Gasteiger partial charge in [-0.05, 0) is 54.0 Å². The number of thiol groups is 1. The second-order valence-electron chi connectivity index (χ2n) is 9.11. The average molecular weight is 511 g/mol. The number of thiophene rings is 1. The second kappa shape index (κ2) is 14.4. The Bertz CT molecular complexity index is 998. The number of benzene rings is 2. The van der Waals surface area contributed by atoms with Crippen molar-refractivity contribution in [2.24, 2.45) is 0 Å². The van der Waals surface area contributed by atoms with Gasteiger partial charge in [-0.25, -0.2) is 0 Å². The van der Waals surface area contributed by atoms with E-state index in [9.17, 15) is 0 Å². The third-order valence-electron chi connectivity index (χ3n) is 6.37. The highest BCUT2D eigenvalue weighted by Crippen LogP contribution is 2.53. The van der Waals surface area contributed by atoms with E-state index in [0.29, 0.717) is 13.2 Å². The first-order valence-electron chi connectivity index (χ1n) is 13.2. The molecule has 35 heavy (non-hydrogen) atoms. The number of hydrogen-bond acceptors (Lipinski definition) is 5. The smallest absolute Gasteiger partial charge is 0.180 e. The van der Waals surface area contributed by atoms with Gasteiger partial charge in [-0.1, -0.05) is 81.7 Å². The van der Waals surface area contributed by atoms with E-state index in [1.165, 1.54) is 57.8 Å². The van der Waals surface area contributed by atoms with Crippen LogP contribution >= 0.6 is 24.0 Å². The molecule has 1 aromatic heterocycles. The maximum atomic E-state index is 6.04. The van der Waals surface area contributed by atoms with E-state index in [0.717, 1.165) is 56.9 Å². The van der Waals surface area contributed by atoms with Crippen molar-refractivity contribution in [2.45, 2.75) is 64.2 Å². The van der Waals surface area contributed by atoms with E-state index in [1.54, 1.807) is 11.3 Å². The molecule has 4 rings (SSSR count). The Balaban J connectivity index is 1.22. The van der Waals surface area contributed by atoms with Crippen LogP contribution in [0.3, 0.4) is 0 Å². The highest BCUT2D eigenvalue weighted by atomic mass is 32.1. The Morgan fingerprint density at radius 1 is 0.629 bits per heavy atom. The molecule has 0 bridgehead atoms. The van der Waals surface area contributed by atoms with Crippen molar-refractivity contribution in [1.29, 1.82) is 0 Å². The van der Waals surface area contributed by atoms with Crippen LogP contribution < -0.4 is 14.2 Å². The van der Waals surface area contributed by atoms with Crippen molar-refractivity contribution in [2.75, 3.05) is 25.6 Å². The van der Waals surface area contributed by atoms with Crippen LogP contribution in [0.15, 0.2) is 54.6 Å². The van der Waals surface area contributed by atoms with E-state index >= 15 is 0 Å². The first-order chi connectivity index (χ1) is 17.4. The van der Waals surface area contributed by atoms with Crippen LogP contribution in [0, 0.1) is 0 Å². The van der Waals surface area contributed by atoms with Crippen molar-refractivity contribution < 1.29 is 14.2 Å². The maximum Gasteiger partial charge on any atom is 0.180 e. The lowest BCUT2D eigenvalue weighted by atomic mass is 10.1. The molecule has 2 heterocycles. The zero-order valence-electron chi connectivity index (χ0n) is 20.7. The average Bonchev–Trinajstić information content (AvgIpc) is 3.30. The highest BCUT2D eigenvalue weighted by molar-refractivity contribution is 7.80. The minimum atomic E-state index is 0.586. The maximum absolute atomic E-state index is 6.04. The van der Waals surface area contributed by atoms with Gasteiger partial charge in [0.05, 0.1) is 16.4 Å². The predicted molar refractivity (Wildman–Crippen MR) is 152 cm³/mol. The SMILES string of the molecule is SCCCCCCCCCCCCOc1ccc(-c2sc(-c3ccccc3)c3c2OCCO3)cc1. The molecular weight excluding hydrogens is 472 g/mol. The fraction of sp³-hybridized carbons (Fsp3) is 0.467. The summed E-state index contributed by atoms with van der Waals surface area (Å²) in [7, 11) is 0. The van der Waals surface area contributed by atoms with Crippen molar-refractivity contribution in [3.63, 3.8) is 0 Å². The first-order valence-corrected chi connectivity index (χ1v) is 14.6. The summed E-state index contributed by atoms with van der Waals surface area (Å²) in [5, 5.41) is 0. The fourth-order valence-electron chi connectivity index (χ4n) is 4.44. The summed E-state index contributed by atoms with van der Waals surface area (Å²) < 4.78 is 18.1. The third kappa shape index (κ3) is 7.68. The fourth-order valence-corrected chi connectivity index (χ4v) is 5.87. The van der Waals surface area contributed by atoms with Gasteiger partial charge in [0.25, 0.3) is 0 Å². The van der Waals surface area contributed by atoms with Gasteiger partial charge in [-0.3, -0.25) is 0 Å². The van der Waals surface area contributed by atoms with E-state index in [2.05, 4.69) is 61.2 Å². The zero-order valence-corrected chi connectivity index (χ0v) is 22.4. The van der Waals surface area contributed by atoms with E-state index in [1.807, 2.05) is 6.07 Å². The molecule has 3 aromatic rings. The first kappa shape index (κ1) is 26.0. The number of rotatable bonds is 15. The van der Waals surface area contributed by atoms with Crippen LogP contribution in [-0.2, 0) is 0 Å². The van der Waals surface area contributed by atoms with E-state index in [-0.39, 0.29) is 0 Å². The Morgan fingerprint density at radius 2 is 1.14 bits per heavy atom. The van der Waals surface area contributed by atoms with E-state index < -0.39 is 0 Å². The van der Waals surface area contributed by atoms with Crippen molar-refractivity contribution >= 4 is 24.0 Å². The molecule has 0 unspecified atom stereocenters. The molecule has 0 fully saturated rings. The molecular formula is C30H38O3S2. The standard InChI is InChI=1S/C30H38O3S2/c34-23-13-8-6-4-2-1-3-5-7-12-20-31-26-18-16-25(17-19-26)30-28-27(32-21-22-33-28)29(35-30)24-14-10-9-11-15-24/h9-11,14-19,34H,1-8,12-13,20-23H2. The normalized spacial score (nSPS) is 12.6. The topological polar surface area (TPSA) is 27.7 Å². The molecule has 0 saturated carbocycles. The quantitative estimate of drug-likeness (QED) is 0.163. The molecule has 0 spiro atoms. The van der Waals surface area contributed by atoms with Gasteiger partial charge >= 0.3 is 0 Å². The molecule has 0 aliphatic carbocycles. The van der Waals surface area contributed by atoms with Crippen LogP contribution in [-0.4, -0.2) is 25.6 Å².